The van der Waals surface area contributed by atoms with Crippen LogP contribution >= 0.6 is 7.82 Å². The van der Waals surface area contributed by atoms with Crippen molar-refractivity contribution in [2.24, 2.45) is 0 Å². The molecule has 0 saturated heterocycles. The van der Waals surface area contributed by atoms with Crippen molar-refractivity contribution in [3.63, 3.8) is 0 Å². The molecule has 0 aromatic carbocycles. The average molecular weight is 855 g/mol. The Morgan fingerprint density at radius 3 is 1.14 bits per heavy atom. The first-order valence-corrected chi connectivity index (χ1v) is 24.9. The summed E-state index contributed by atoms with van der Waals surface area (Å²) in [4.78, 5) is 10.4. The Morgan fingerprint density at radius 1 is 0.475 bits per heavy atom. The van der Waals surface area contributed by atoms with E-state index in [4.69, 9.17) is 37.5 Å². The maximum atomic E-state index is 12.8. The second kappa shape index (κ2) is 31.6. The van der Waals surface area contributed by atoms with Gasteiger partial charge in [0.05, 0.1) is 87.5 Å². The first-order chi connectivity index (χ1) is 28.3. The van der Waals surface area contributed by atoms with Crippen molar-refractivity contribution in [1.82, 2.24) is 0 Å². The maximum absolute atomic E-state index is 12.8. The van der Waals surface area contributed by atoms with Gasteiger partial charge in [0.1, 0.15) is 0 Å². The van der Waals surface area contributed by atoms with Crippen LogP contribution in [-0.4, -0.2) is 92.4 Å². The van der Waals surface area contributed by atoms with Gasteiger partial charge >= 0.3 is 7.82 Å². The molecule has 2 aliphatic carbocycles. The maximum Gasteiger partial charge on any atom is 0.472 e. The monoisotopic (exact) mass is 855 g/mol. The zero-order chi connectivity index (χ0) is 43.2. The second-order valence-corrected chi connectivity index (χ2v) is 18.7. The van der Waals surface area contributed by atoms with Gasteiger partial charge in [-0.1, -0.05) is 152 Å². The largest absolute Gasteiger partial charge is 0.472 e. The highest BCUT2D eigenvalue weighted by atomic mass is 31.2. The molecular weight excluding hydrogens is 767 g/mol. The highest BCUT2D eigenvalue weighted by Gasteiger charge is 2.31. The van der Waals surface area contributed by atoms with Gasteiger partial charge in [-0.2, -0.15) is 0 Å². The van der Waals surface area contributed by atoms with Crippen LogP contribution in [0.3, 0.4) is 0 Å². The highest BCUT2D eigenvalue weighted by molar-refractivity contribution is 7.47. The van der Waals surface area contributed by atoms with Crippen molar-refractivity contribution in [3.8, 4) is 0 Å². The first kappa shape index (κ1) is 54.0. The van der Waals surface area contributed by atoms with Crippen LogP contribution in [0.2, 0.25) is 0 Å². The Kier molecular flexibility index (Phi) is 28.9. The van der Waals surface area contributed by atoms with E-state index in [2.05, 4.69) is 62.5 Å². The second-order valence-electron chi connectivity index (χ2n) is 17.4. The number of phosphoric ester groups is 1. The molecule has 10 nitrogen and oxygen atoms in total. The molecule has 344 valence electrons. The van der Waals surface area contributed by atoms with Crippen LogP contribution < -0.4 is 0 Å². The lowest BCUT2D eigenvalue weighted by molar-refractivity contribution is -0.0991. The summed E-state index contributed by atoms with van der Waals surface area (Å²) in [7, 11) is -4.36. The summed E-state index contributed by atoms with van der Waals surface area (Å²) in [5.74, 6) is 0. The van der Waals surface area contributed by atoms with Crippen molar-refractivity contribution in [3.05, 3.63) is 48.6 Å². The standard InChI is InChI=1S/C48H87O10P/c1-9-11-13-15-17-19-23-29-47(31-25-21-26-32-47)55-39-43(5)51-35-41(3)53-37-45(7)57-59(49,50)58-46(8)38-54-42(4)36-52-44(6)40-56-48(33-27-22-28-34-48)30-24-20-18-16-14-12-10-2/h21-22,25-28,31,33,41-46H,9-20,23-24,29-30,32,34-40H2,1-8H3,(H,49,50). The fourth-order valence-electron chi connectivity index (χ4n) is 7.28. The molecule has 0 aliphatic heterocycles. The van der Waals surface area contributed by atoms with Crippen LogP contribution in [0, 0.1) is 0 Å². The molecule has 8 atom stereocenters. The topological polar surface area (TPSA) is 111 Å². The van der Waals surface area contributed by atoms with Crippen LogP contribution in [-0.2, 0) is 42.0 Å². The van der Waals surface area contributed by atoms with Crippen LogP contribution in [0.5, 0.6) is 0 Å². The van der Waals surface area contributed by atoms with Crippen molar-refractivity contribution >= 4 is 7.82 Å². The van der Waals surface area contributed by atoms with Crippen LogP contribution in [0.25, 0.3) is 0 Å². The van der Waals surface area contributed by atoms with Gasteiger partial charge in [0.2, 0.25) is 0 Å². The Labute approximate surface area is 360 Å². The summed E-state index contributed by atoms with van der Waals surface area (Å²) in [6.45, 7) is 17.6. The minimum Gasteiger partial charge on any atom is -0.373 e. The van der Waals surface area contributed by atoms with E-state index in [9.17, 15) is 9.46 Å². The molecule has 0 radical (unpaired) electrons. The van der Waals surface area contributed by atoms with Gasteiger partial charge in [-0.3, -0.25) is 9.05 Å². The number of allylic oxidation sites excluding steroid dienone is 4. The highest BCUT2D eigenvalue weighted by Crippen LogP contribution is 2.46. The van der Waals surface area contributed by atoms with E-state index < -0.39 is 20.0 Å². The van der Waals surface area contributed by atoms with Crippen molar-refractivity contribution in [2.45, 2.75) is 219 Å². The van der Waals surface area contributed by atoms with Gasteiger partial charge in [0.25, 0.3) is 0 Å². The molecule has 0 amide bonds. The molecule has 0 aromatic rings. The summed E-state index contributed by atoms with van der Waals surface area (Å²) < 4.78 is 60.4. The summed E-state index contributed by atoms with van der Waals surface area (Å²) in [6.07, 6.45) is 36.8. The summed E-state index contributed by atoms with van der Waals surface area (Å²) in [6, 6.07) is 0. The Hall–Kier alpha value is -1.17. The van der Waals surface area contributed by atoms with Gasteiger partial charge in [-0.05, 0) is 67.2 Å². The van der Waals surface area contributed by atoms with Gasteiger partial charge in [-0.25, -0.2) is 4.57 Å². The SMILES string of the molecule is CCCCCCCCCC1(OCC(C)OCC(C)OCC(C)OP(=O)(O)OC(C)COC(C)COC(C)COC2(CCCCCCCCC)C=CC=CC2)C=CC=CC1. The molecule has 0 bridgehead atoms. The predicted molar refractivity (Wildman–Crippen MR) is 241 cm³/mol. The van der Waals surface area contributed by atoms with Crippen LogP contribution in [0.15, 0.2) is 48.6 Å². The van der Waals surface area contributed by atoms with E-state index in [0.717, 1.165) is 38.5 Å². The predicted octanol–water partition coefficient (Wildman–Crippen LogP) is 12.3. The number of ether oxygens (including phenoxy) is 6. The van der Waals surface area contributed by atoms with Gasteiger partial charge in [0, 0.05) is 0 Å². The quantitative estimate of drug-likeness (QED) is 0.0476. The molecule has 2 aliphatic rings. The van der Waals surface area contributed by atoms with Crippen molar-refractivity contribution in [1.29, 1.82) is 0 Å². The third-order valence-corrected chi connectivity index (χ3v) is 12.2. The lowest BCUT2D eigenvalue weighted by Crippen LogP contribution is -2.35. The minimum atomic E-state index is -4.36. The van der Waals surface area contributed by atoms with E-state index in [-0.39, 0.29) is 48.8 Å². The molecule has 11 heteroatoms. The van der Waals surface area contributed by atoms with E-state index >= 15 is 0 Å². The number of hydrogen-bond donors (Lipinski definition) is 1. The zero-order valence-corrected chi connectivity index (χ0v) is 39.5. The Balaban J connectivity index is 1.60. The van der Waals surface area contributed by atoms with E-state index in [1.165, 1.54) is 77.0 Å². The van der Waals surface area contributed by atoms with Gasteiger partial charge < -0.3 is 33.3 Å². The molecular formula is C48H87O10P. The number of unbranched alkanes of at least 4 members (excludes halogenated alkanes) is 12. The number of rotatable bonds is 38. The fraction of sp³-hybridized carbons (Fsp3) is 0.833. The fourth-order valence-corrected chi connectivity index (χ4v) is 8.36. The minimum absolute atomic E-state index is 0.108. The third-order valence-electron chi connectivity index (χ3n) is 10.9. The van der Waals surface area contributed by atoms with Crippen LogP contribution in [0.1, 0.15) is 171 Å². The van der Waals surface area contributed by atoms with Crippen LogP contribution in [0.4, 0.5) is 0 Å². The molecule has 0 heterocycles. The summed E-state index contributed by atoms with van der Waals surface area (Å²) in [5, 5.41) is 0. The molecule has 8 unspecified atom stereocenters. The smallest absolute Gasteiger partial charge is 0.373 e. The van der Waals surface area contributed by atoms with Gasteiger partial charge in [0.15, 0.2) is 0 Å². The van der Waals surface area contributed by atoms with E-state index in [1.807, 2.05) is 27.7 Å². The number of phosphoric acid groups is 1. The molecule has 59 heavy (non-hydrogen) atoms. The Bertz CT molecular complexity index is 1140. The third kappa shape index (κ3) is 26.1. The molecule has 2 rings (SSSR count). The molecule has 1 N–H and O–H groups in total. The zero-order valence-electron chi connectivity index (χ0n) is 38.6. The first-order valence-electron chi connectivity index (χ1n) is 23.4. The van der Waals surface area contributed by atoms with E-state index in [1.54, 1.807) is 13.8 Å². The summed E-state index contributed by atoms with van der Waals surface area (Å²) >= 11 is 0. The Morgan fingerprint density at radius 2 is 0.797 bits per heavy atom. The average Bonchev–Trinajstić information content (AvgIpc) is 3.21. The molecule has 0 spiro atoms. The van der Waals surface area contributed by atoms with Crippen molar-refractivity contribution in [2.75, 3.05) is 39.6 Å². The molecule has 0 aromatic heterocycles. The molecule has 0 fully saturated rings. The lowest BCUT2D eigenvalue weighted by atomic mass is 9.89. The number of hydrogen-bond acceptors (Lipinski definition) is 9. The van der Waals surface area contributed by atoms with Gasteiger partial charge in [-0.15, -0.1) is 0 Å². The van der Waals surface area contributed by atoms with E-state index in [0.29, 0.717) is 26.4 Å². The van der Waals surface area contributed by atoms with Crippen molar-refractivity contribution < 1.29 is 46.9 Å². The lowest BCUT2D eigenvalue weighted by Gasteiger charge is -2.33. The summed E-state index contributed by atoms with van der Waals surface area (Å²) in [5.41, 5.74) is -0.534. The normalized spacial score (nSPS) is 23.2. The molecule has 0 saturated carbocycles.